The Bertz CT molecular complexity index is 1220. The van der Waals surface area contributed by atoms with E-state index in [4.69, 9.17) is 0 Å². The first kappa shape index (κ1) is 21.9. The third-order valence-corrected chi connectivity index (χ3v) is 8.61. The number of hydrogen-bond donors (Lipinski definition) is 3. The van der Waals surface area contributed by atoms with Crippen molar-refractivity contribution < 1.29 is 4.79 Å². The molecule has 7 heteroatoms. The van der Waals surface area contributed by atoms with E-state index in [0.29, 0.717) is 29.4 Å². The zero-order valence-electron chi connectivity index (χ0n) is 20.0. The molecule has 178 valence electrons. The standard InChI is InChI=1S/C27H33N5OS/c1-16-3-9-21-24(28-2)25(34-27(21)30-16)26(33)29-12-11-17-4-10-23(22(13-17)18-5-6-18)32-14-19-7-8-20(15-32)31-19/h3-4,9-10,13,18-20,28,31H,5-8,11-12,14-15H2,1-2H3,(H,29,33)/t19-,20+. The third-order valence-electron chi connectivity index (χ3n) is 7.52. The van der Waals surface area contributed by atoms with Gasteiger partial charge in [0.05, 0.1) is 5.69 Å². The average molecular weight is 476 g/mol. The van der Waals surface area contributed by atoms with Crippen LogP contribution in [0.1, 0.15) is 58.1 Å². The molecule has 2 atom stereocenters. The molecule has 0 spiro atoms. The number of nitrogens with one attached hydrogen (secondary N) is 3. The molecule has 0 radical (unpaired) electrons. The number of pyridine rings is 1. The normalized spacial score (nSPS) is 21.8. The van der Waals surface area contributed by atoms with E-state index in [0.717, 1.165) is 41.1 Å². The molecule has 3 fully saturated rings. The number of fused-ring (bicyclic) bond motifs is 3. The van der Waals surface area contributed by atoms with Crippen molar-refractivity contribution in [2.75, 3.05) is 36.9 Å². The fraction of sp³-hybridized carbons (Fsp3) is 0.481. The molecule has 2 saturated heterocycles. The summed E-state index contributed by atoms with van der Waals surface area (Å²) in [6, 6.07) is 12.4. The zero-order valence-corrected chi connectivity index (χ0v) is 20.8. The number of rotatable bonds is 7. The van der Waals surface area contributed by atoms with E-state index < -0.39 is 0 Å². The van der Waals surface area contributed by atoms with Gasteiger partial charge in [0.25, 0.3) is 5.91 Å². The van der Waals surface area contributed by atoms with E-state index in [2.05, 4.69) is 44.0 Å². The Morgan fingerprint density at radius 3 is 2.68 bits per heavy atom. The minimum Gasteiger partial charge on any atom is -0.386 e. The first-order chi connectivity index (χ1) is 16.6. The number of aryl methyl sites for hydroxylation is 1. The van der Waals surface area contributed by atoms with Crippen molar-refractivity contribution in [3.05, 3.63) is 52.0 Å². The summed E-state index contributed by atoms with van der Waals surface area (Å²) in [5.74, 6) is 0.685. The van der Waals surface area contributed by atoms with Crippen molar-refractivity contribution in [2.24, 2.45) is 0 Å². The van der Waals surface area contributed by atoms with E-state index in [1.807, 2.05) is 26.1 Å². The lowest BCUT2D eigenvalue weighted by Crippen LogP contribution is -2.51. The van der Waals surface area contributed by atoms with Gasteiger partial charge in [0.1, 0.15) is 9.71 Å². The minimum atomic E-state index is -0.0275. The van der Waals surface area contributed by atoms with Gasteiger partial charge in [-0.15, -0.1) is 11.3 Å². The van der Waals surface area contributed by atoms with Gasteiger partial charge in [0, 0.05) is 55.5 Å². The van der Waals surface area contributed by atoms with Crippen LogP contribution in [-0.2, 0) is 6.42 Å². The molecule has 1 aliphatic carbocycles. The van der Waals surface area contributed by atoms with Crippen molar-refractivity contribution >= 4 is 38.8 Å². The van der Waals surface area contributed by atoms with Gasteiger partial charge in [-0.3, -0.25) is 4.79 Å². The third kappa shape index (κ3) is 4.16. The molecule has 0 unspecified atom stereocenters. The molecule has 3 aliphatic rings. The highest BCUT2D eigenvalue weighted by Gasteiger charge is 2.35. The van der Waals surface area contributed by atoms with Crippen LogP contribution in [0.2, 0.25) is 0 Å². The van der Waals surface area contributed by atoms with Gasteiger partial charge >= 0.3 is 0 Å². The van der Waals surface area contributed by atoms with Gasteiger partial charge < -0.3 is 20.9 Å². The number of nitrogens with zero attached hydrogens (tertiary/aromatic N) is 2. The minimum absolute atomic E-state index is 0.0275. The van der Waals surface area contributed by atoms with Crippen LogP contribution in [0, 0.1) is 6.92 Å². The van der Waals surface area contributed by atoms with Gasteiger partial charge in [-0.25, -0.2) is 4.98 Å². The van der Waals surface area contributed by atoms with Crippen LogP contribution in [0.3, 0.4) is 0 Å². The first-order valence-corrected chi connectivity index (χ1v) is 13.4. The van der Waals surface area contributed by atoms with Crippen LogP contribution in [-0.4, -0.2) is 49.7 Å². The lowest BCUT2D eigenvalue weighted by Gasteiger charge is -2.36. The predicted molar refractivity (Wildman–Crippen MR) is 141 cm³/mol. The molecule has 1 amide bonds. The maximum absolute atomic E-state index is 13.0. The van der Waals surface area contributed by atoms with E-state index in [1.54, 1.807) is 0 Å². The fourth-order valence-corrected chi connectivity index (χ4v) is 6.78. The summed E-state index contributed by atoms with van der Waals surface area (Å²) in [5, 5.41) is 11.1. The number of hydrogen-bond acceptors (Lipinski definition) is 6. The van der Waals surface area contributed by atoms with Crippen LogP contribution >= 0.6 is 11.3 Å². The molecule has 4 heterocycles. The Balaban J connectivity index is 1.14. The number of carbonyl (C=O) groups is 1. The molecule has 2 aliphatic heterocycles. The SMILES string of the molecule is CNc1c(C(=O)NCCc2ccc(N3C[C@H]4CC[C@@H](C3)N4)c(C3CC3)c2)sc2nc(C)ccc12. The van der Waals surface area contributed by atoms with Crippen molar-refractivity contribution in [1.82, 2.24) is 15.6 Å². The summed E-state index contributed by atoms with van der Waals surface area (Å²) >= 11 is 1.46. The Hall–Kier alpha value is -2.64. The van der Waals surface area contributed by atoms with Gasteiger partial charge in [-0.05, 0) is 74.3 Å². The number of benzene rings is 1. The fourth-order valence-electron chi connectivity index (χ4n) is 5.64. The number of aromatic nitrogens is 1. The number of piperazine rings is 1. The van der Waals surface area contributed by atoms with Gasteiger partial charge in [0.2, 0.25) is 0 Å². The molecular weight excluding hydrogens is 442 g/mol. The number of carbonyl (C=O) groups excluding carboxylic acids is 1. The number of amides is 1. The number of thiophene rings is 1. The van der Waals surface area contributed by atoms with Gasteiger partial charge in [0.15, 0.2) is 0 Å². The highest BCUT2D eigenvalue weighted by Crippen LogP contribution is 2.45. The highest BCUT2D eigenvalue weighted by molar-refractivity contribution is 7.21. The second-order valence-corrected chi connectivity index (χ2v) is 11.1. The van der Waals surface area contributed by atoms with E-state index in [1.165, 1.54) is 53.8 Å². The smallest absolute Gasteiger partial charge is 0.263 e. The van der Waals surface area contributed by atoms with Crippen molar-refractivity contribution in [1.29, 1.82) is 0 Å². The van der Waals surface area contributed by atoms with Crippen LogP contribution in [0.5, 0.6) is 0 Å². The summed E-state index contributed by atoms with van der Waals surface area (Å²) in [6.45, 7) is 4.86. The largest absolute Gasteiger partial charge is 0.386 e. The van der Waals surface area contributed by atoms with Gasteiger partial charge in [-0.2, -0.15) is 0 Å². The molecule has 1 aromatic carbocycles. The molecule has 34 heavy (non-hydrogen) atoms. The Morgan fingerprint density at radius 2 is 1.94 bits per heavy atom. The van der Waals surface area contributed by atoms with Crippen LogP contribution in [0.4, 0.5) is 11.4 Å². The Labute approximate surface area is 205 Å². The quantitative estimate of drug-likeness (QED) is 0.471. The zero-order chi connectivity index (χ0) is 23.2. The first-order valence-electron chi connectivity index (χ1n) is 12.6. The van der Waals surface area contributed by atoms with Crippen LogP contribution < -0.4 is 20.9 Å². The lowest BCUT2D eigenvalue weighted by atomic mass is 10.0. The Kier molecular flexibility index (Phi) is 5.70. The maximum atomic E-state index is 13.0. The van der Waals surface area contributed by atoms with Crippen molar-refractivity contribution in [3.8, 4) is 0 Å². The predicted octanol–water partition coefficient (Wildman–Crippen LogP) is 4.44. The Morgan fingerprint density at radius 1 is 1.15 bits per heavy atom. The second kappa shape index (κ2) is 8.86. The van der Waals surface area contributed by atoms with Crippen molar-refractivity contribution in [3.63, 3.8) is 0 Å². The molecule has 2 bridgehead atoms. The van der Waals surface area contributed by atoms with Crippen LogP contribution in [0.15, 0.2) is 30.3 Å². The maximum Gasteiger partial charge on any atom is 0.263 e. The summed E-state index contributed by atoms with van der Waals surface area (Å²) in [5.41, 5.74) is 6.11. The molecule has 3 N–H and O–H groups in total. The lowest BCUT2D eigenvalue weighted by molar-refractivity contribution is 0.0959. The summed E-state index contributed by atoms with van der Waals surface area (Å²) in [7, 11) is 1.86. The molecule has 2 aromatic heterocycles. The van der Waals surface area contributed by atoms with Gasteiger partial charge in [-0.1, -0.05) is 12.1 Å². The summed E-state index contributed by atoms with van der Waals surface area (Å²) in [6.07, 6.45) is 6.07. The molecule has 6 nitrogen and oxygen atoms in total. The average Bonchev–Trinajstić information content (AvgIpc) is 3.55. The highest BCUT2D eigenvalue weighted by atomic mass is 32.1. The van der Waals surface area contributed by atoms with E-state index in [9.17, 15) is 4.79 Å². The molecular formula is C27H33N5OS. The molecule has 1 saturated carbocycles. The summed E-state index contributed by atoms with van der Waals surface area (Å²) < 4.78 is 0. The molecule has 6 rings (SSSR count). The second-order valence-electron chi connectivity index (χ2n) is 10.1. The summed E-state index contributed by atoms with van der Waals surface area (Å²) in [4.78, 5) is 21.8. The monoisotopic (exact) mass is 475 g/mol. The van der Waals surface area contributed by atoms with Crippen LogP contribution in [0.25, 0.3) is 10.2 Å². The molecule has 3 aromatic rings. The van der Waals surface area contributed by atoms with E-state index in [-0.39, 0.29) is 5.91 Å². The topological polar surface area (TPSA) is 69.3 Å². The number of anilines is 2. The van der Waals surface area contributed by atoms with E-state index >= 15 is 0 Å². The van der Waals surface area contributed by atoms with Crippen molar-refractivity contribution in [2.45, 2.75) is 57.0 Å².